The van der Waals surface area contributed by atoms with Gasteiger partial charge in [-0.25, -0.2) is 18.0 Å². The van der Waals surface area contributed by atoms with Crippen LogP contribution < -0.4 is 14.8 Å². The number of esters is 2. The summed E-state index contributed by atoms with van der Waals surface area (Å²) in [5, 5.41) is 2.71. The monoisotopic (exact) mass is 520 g/mol. The van der Waals surface area contributed by atoms with Crippen molar-refractivity contribution < 1.29 is 41.7 Å². The molecule has 1 amide bonds. The number of amides is 1. The number of carbonyl (C=O) groups excluding carboxylic acids is 3. The fourth-order valence-corrected chi connectivity index (χ4v) is 5.54. The first-order chi connectivity index (χ1) is 17.1. The summed E-state index contributed by atoms with van der Waals surface area (Å²) in [6.07, 6.45) is 0.551. The lowest BCUT2D eigenvalue weighted by molar-refractivity contribution is -0.120. The summed E-state index contributed by atoms with van der Waals surface area (Å²) in [5.41, 5.74) is 0.368. The number of nitrogens with one attached hydrogen (secondary N) is 1. The highest BCUT2D eigenvalue weighted by molar-refractivity contribution is 7.89. The number of rotatable bonds is 8. The molecular formula is C24H28N2O9S. The molecule has 0 bridgehead atoms. The van der Waals surface area contributed by atoms with Crippen LogP contribution in [0.4, 0.5) is 5.69 Å². The van der Waals surface area contributed by atoms with E-state index in [1.807, 2.05) is 0 Å². The van der Waals surface area contributed by atoms with Crippen molar-refractivity contribution in [2.75, 3.05) is 46.8 Å². The molecular weight excluding hydrogens is 492 g/mol. The predicted octanol–water partition coefficient (Wildman–Crippen LogP) is 2.32. The van der Waals surface area contributed by atoms with Crippen molar-refractivity contribution in [3.05, 3.63) is 47.5 Å². The second-order valence-electron chi connectivity index (χ2n) is 7.97. The summed E-state index contributed by atoms with van der Waals surface area (Å²) in [4.78, 5) is 36.9. The normalized spacial score (nSPS) is 14.6. The molecule has 12 heteroatoms. The molecule has 0 aromatic heterocycles. The fourth-order valence-electron chi connectivity index (χ4n) is 3.90. The number of ether oxygens (including phenoxy) is 4. The summed E-state index contributed by atoms with van der Waals surface area (Å²) >= 11 is 0. The standard InChI is InChI=1S/C24H28N2O9S/c1-32-19-5-6-20(33-2)21(14-19)36(30,31)26-9-7-15(8-10-26)22(27)25-18-12-16(23(28)34-3)11-17(13-18)24(29)35-4/h5-6,11-15H,7-10H2,1-4H3,(H,25,27). The van der Waals surface area contributed by atoms with Gasteiger partial charge < -0.3 is 24.3 Å². The zero-order valence-electron chi connectivity index (χ0n) is 20.4. The molecule has 0 atom stereocenters. The van der Waals surface area contributed by atoms with Crippen LogP contribution in [-0.4, -0.2) is 72.1 Å². The van der Waals surface area contributed by atoms with E-state index < -0.39 is 27.9 Å². The molecule has 1 aliphatic heterocycles. The first-order valence-electron chi connectivity index (χ1n) is 11.0. The maximum absolute atomic E-state index is 13.3. The van der Waals surface area contributed by atoms with Gasteiger partial charge in [-0.2, -0.15) is 4.31 Å². The molecule has 0 unspecified atom stereocenters. The third kappa shape index (κ3) is 5.77. The lowest BCUT2D eigenvalue weighted by Gasteiger charge is -2.31. The van der Waals surface area contributed by atoms with E-state index in [2.05, 4.69) is 5.32 Å². The van der Waals surface area contributed by atoms with E-state index in [9.17, 15) is 22.8 Å². The average molecular weight is 521 g/mol. The molecule has 3 rings (SSSR count). The summed E-state index contributed by atoms with van der Waals surface area (Å²) in [7, 11) is 1.35. The van der Waals surface area contributed by atoms with Gasteiger partial charge in [-0.15, -0.1) is 0 Å². The number of hydrogen-bond donors (Lipinski definition) is 1. The van der Waals surface area contributed by atoms with Crippen LogP contribution in [-0.2, 0) is 24.3 Å². The highest BCUT2D eigenvalue weighted by atomic mass is 32.2. The number of hydrogen-bond acceptors (Lipinski definition) is 9. The largest absolute Gasteiger partial charge is 0.497 e. The molecule has 1 N–H and O–H groups in total. The van der Waals surface area contributed by atoms with Gasteiger partial charge in [0.1, 0.15) is 16.4 Å². The van der Waals surface area contributed by atoms with Crippen LogP contribution in [0.1, 0.15) is 33.6 Å². The topological polar surface area (TPSA) is 138 Å². The zero-order chi connectivity index (χ0) is 26.5. The molecule has 1 heterocycles. The molecule has 1 aliphatic rings. The molecule has 2 aromatic rings. The Labute approximate surface area is 209 Å². The third-order valence-corrected chi connectivity index (χ3v) is 7.78. The van der Waals surface area contributed by atoms with Crippen LogP contribution in [0, 0.1) is 5.92 Å². The van der Waals surface area contributed by atoms with Crippen molar-refractivity contribution >= 4 is 33.6 Å². The maximum atomic E-state index is 13.3. The Kier molecular flexibility index (Phi) is 8.53. The average Bonchev–Trinajstić information content (AvgIpc) is 2.91. The van der Waals surface area contributed by atoms with Crippen molar-refractivity contribution in [1.82, 2.24) is 4.31 Å². The van der Waals surface area contributed by atoms with Gasteiger partial charge in [0.05, 0.1) is 39.6 Å². The Morgan fingerprint density at radius 2 is 1.44 bits per heavy atom. The van der Waals surface area contributed by atoms with Crippen LogP contribution in [0.5, 0.6) is 11.5 Å². The number of sulfonamides is 1. The highest BCUT2D eigenvalue weighted by Crippen LogP contribution is 2.33. The summed E-state index contributed by atoms with van der Waals surface area (Å²) in [6, 6.07) is 8.63. The van der Waals surface area contributed by atoms with Crippen LogP contribution in [0.15, 0.2) is 41.3 Å². The van der Waals surface area contributed by atoms with Gasteiger partial charge in [0, 0.05) is 30.8 Å². The Bertz CT molecular complexity index is 1220. The number of carbonyl (C=O) groups is 3. The zero-order valence-corrected chi connectivity index (χ0v) is 21.2. The molecule has 1 fully saturated rings. The Balaban J connectivity index is 1.73. The number of methoxy groups -OCH3 is 4. The van der Waals surface area contributed by atoms with E-state index in [1.54, 1.807) is 6.07 Å². The summed E-state index contributed by atoms with van der Waals surface area (Å²) < 4.78 is 47.6. The molecule has 194 valence electrons. The van der Waals surface area contributed by atoms with Crippen LogP contribution >= 0.6 is 0 Å². The van der Waals surface area contributed by atoms with Crippen molar-refractivity contribution in [2.45, 2.75) is 17.7 Å². The van der Waals surface area contributed by atoms with Crippen molar-refractivity contribution in [3.8, 4) is 11.5 Å². The minimum absolute atomic E-state index is 0.0118. The SMILES string of the molecule is COC(=O)c1cc(NC(=O)C2CCN(S(=O)(=O)c3cc(OC)ccc3OC)CC2)cc(C(=O)OC)c1. The van der Waals surface area contributed by atoms with Crippen molar-refractivity contribution in [3.63, 3.8) is 0 Å². The fraction of sp³-hybridized carbons (Fsp3) is 0.375. The first-order valence-corrected chi connectivity index (χ1v) is 12.4. The van der Waals surface area contributed by atoms with Gasteiger partial charge in [0.2, 0.25) is 15.9 Å². The van der Waals surface area contributed by atoms with E-state index >= 15 is 0 Å². The number of piperidine rings is 1. The molecule has 0 spiro atoms. The number of anilines is 1. The highest BCUT2D eigenvalue weighted by Gasteiger charge is 2.34. The minimum atomic E-state index is -3.89. The quantitative estimate of drug-likeness (QED) is 0.520. The minimum Gasteiger partial charge on any atom is -0.497 e. The van der Waals surface area contributed by atoms with Crippen LogP contribution in [0.25, 0.3) is 0 Å². The van der Waals surface area contributed by atoms with Crippen molar-refractivity contribution in [2.24, 2.45) is 5.92 Å². The van der Waals surface area contributed by atoms with Crippen LogP contribution in [0.3, 0.4) is 0 Å². The van der Waals surface area contributed by atoms with E-state index in [-0.39, 0.29) is 59.3 Å². The van der Waals surface area contributed by atoms with Gasteiger partial charge in [-0.05, 0) is 43.2 Å². The van der Waals surface area contributed by atoms with E-state index in [4.69, 9.17) is 18.9 Å². The van der Waals surface area contributed by atoms with E-state index in [0.29, 0.717) is 5.75 Å². The molecule has 0 aliphatic carbocycles. The molecule has 36 heavy (non-hydrogen) atoms. The third-order valence-electron chi connectivity index (χ3n) is 5.86. The van der Waals surface area contributed by atoms with Gasteiger partial charge in [0.25, 0.3) is 0 Å². The lowest BCUT2D eigenvalue weighted by Crippen LogP contribution is -2.41. The second kappa shape index (κ2) is 11.4. The summed E-state index contributed by atoms with van der Waals surface area (Å²) in [5.74, 6) is -1.62. The Morgan fingerprint density at radius 1 is 0.861 bits per heavy atom. The smallest absolute Gasteiger partial charge is 0.337 e. The summed E-state index contributed by atoms with van der Waals surface area (Å²) in [6.45, 7) is 0.243. The van der Waals surface area contributed by atoms with Gasteiger partial charge >= 0.3 is 11.9 Å². The first kappa shape index (κ1) is 27.0. The van der Waals surface area contributed by atoms with Gasteiger partial charge in [-0.3, -0.25) is 4.79 Å². The molecule has 0 radical (unpaired) electrons. The Hall–Kier alpha value is -3.64. The maximum Gasteiger partial charge on any atom is 0.337 e. The molecule has 0 saturated carbocycles. The molecule has 1 saturated heterocycles. The second-order valence-corrected chi connectivity index (χ2v) is 9.87. The van der Waals surface area contributed by atoms with E-state index in [1.165, 1.54) is 63.1 Å². The lowest BCUT2D eigenvalue weighted by atomic mass is 9.97. The number of nitrogens with zero attached hydrogens (tertiary/aromatic N) is 1. The Morgan fingerprint density at radius 3 is 1.94 bits per heavy atom. The van der Waals surface area contributed by atoms with Crippen molar-refractivity contribution in [1.29, 1.82) is 0 Å². The van der Waals surface area contributed by atoms with Crippen LogP contribution in [0.2, 0.25) is 0 Å². The van der Waals surface area contributed by atoms with Gasteiger partial charge in [-0.1, -0.05) is 0 Å². The van der Waals surface area contributed by atoms with E-state index in [0.717, 1.165) is 0 Å². The molecule has 11 nitrogen and oxygen atoms in total. The molecule has 2 aromatic carbocycles. The van der Waals surface area contributed by atoms with Gasteiger partial charge in [0.15, 0.2) is 0 Å². The number of benzene rings is 2. The predicted molar refractivity (Wildman–Crippen MR) is 129 cm³/mol.